The Hall–Kier alpha value is -2.08. The standard InChI is InChI=1S/C17H24ClN5O/c1-5-19-17(21-12(4)11(2)3)20-10-15-22-16(23-24-15)13-7-6-8-14(18)9-13/h6-9,11-12H,5,10H2,1-4H3,(H2,19,20,21). The molecule has 0 aliphatic carbocycles. The van der Waals surface area contributed by atoms with Gasteiger partial charge in [-0.3, -0.25) is 0 Å². The lowest BCUT2D eigenvalue weighted by molar-refractivity contribution is 0.380. The molecule has 130 valence electrons. The predicted molar refractivity (Wildman–Crippen MR) is 97.0 cm³/mol. The monoisotopic (exact) mass is 349 g/mol. The Morgan fingerprint density at radius 2 is 2.12 bits per heavy atom. The first kappa shape index (κ1) is 18.3. The van der Waals surface area contributed by atoms with Crippen LogP contribution in [0.4, 0.5) is 0 Å². The minimum atomic E-state index is 0.313. The van der Waals surface area contributed by atoms with Crippen molar-refractivity contribution in [3.63, 3.8) is 0 Å². The maximum Gasteiger partial charge on any atom is 0.248 e. The maximum absolute atomic E-state index is 5.99. The van der Waals surface area contributed by atoms with Crippen LogP contribution in [0.5, 0.6) is 0 Å². The van der Waals surface area contributed by atoms with Crippen LogP contribution in [0.1, 0.15) is 33.6 Å². The molecule has 0 saturated carbocycles. The fraction of sp³-hybridized carbons (Fsp3) is 0.471. The lowest BCUT2D eigenvalue weighted by Gasteiger charge is -2.20. The van der Waals surface area contributed by atoms with Gasteiger partial charge in [-0.15, -0.1) is 0 Å². The van der Waals surface area contributed by atoms with E-state index in [0.717, 1.165) is 18.1 Å². The van der Waals surface area contributed by atoms with Crippen LogP contribution in [0.2, 0.25) is 5.02 Å². The first-order chi connectivity index (χ1) is 11.5. The van der Waals surface area contributed by atoms with Crippen LogP contribution in [0.3, 0.4) is 0 Å². The molecule has 6 nitrogen and oxygen atoms in total. The Balaban J connectivity index is 2.06. The van der Waals surface area contributed by atoms with Gasteiger partial charge >= 0.3 is 0 Å². The third-order valence-corrected chi connectivity index (χ3v) is 3.87. The molecule has 2 rings (SSSR count). The normalized spacial score (nSPS) is 13.2. The molecule has 0 amide bonds. The van der Waals surface area contributed by atoms with Crippen molar-refractivity contribution in [2.24, 2.45) is 10.9 Å². The number of nitrogens with one attached hydrogen (secondary N) is 2. The SMILES string of the molecule is CCNC(=NCc1nc(-c2cccc(Cl)c2)no1)NC(C)C(C)C. The lowest BCUT2D eigenvalue weighted by atomic mass is 10.1. The van der Waals surface area contributed by atoms with Gasteiger partial charge in [0.25, 0.3) is 0 Å². The number of hydrogen-bond donors (Lipinski definition) is 2. The molecule has 0 aliphatic rings. The Labute approximate surface area is 147 Å². The van der Waals surface area contributed by atoms with Crippen molar-refractivity contribution in [1.82, 2.24) is 20.8 Å². The Bertz CT molecular complexity index is 683. The first-order valence-electron chi connectivity index (χ1n) is 8.13. The van der Waals surface area contributed by atoms with E-state index in [4.69, 9.17) is 16.1 Å². The molecular formula is C17H24ClN5O. The zero-order valence-electron chi connectivity index (χ0n) is 14.5. The largest absolute Gasteiger partial charge is 0.357 e. The van der Waals surface area contributed by atoms with E-state index in [1.165, 1.54) is 0 Å². The van der Waals surface area contributed by atoms with Crippen LogP contribution in [-0.4, -0.2) is 28.7 Å². The molecule has 0 aliphatic heterocycles. The van der Waals surface area contributed by atoms with Crippen molar-refractivity contribution >= 4 is 17.6 Å². The summed E-state index contributed by atoms with van der Waals surface area (Å²) in [6, 6.07) is 7.66. The van der Waals surface area contributed by atoms with Gasteiger partial charge < -0.3 is 15.2 Å². The van der Waals surface area contributed by atoms with E-state index in [-0.39, 0.29) is 0 Å². The maximum atomic E-state index is 5.99. The van der Waals surface area contributed by atoms with Gasteiger partial charge in [-0.2, -0.15) is 4.98 Å². The van der Waals surface area contributed by atoms with Crippen LogP contribution in [0.15, 0.2) is 33.8 Å². The van der Waals surface area contributed by atoms with Crippen LogP contribution in [-0.2, 0) is 6.54 Å². The smallest absolute Gasteiger partial charge is 0.248 e. The van der Waals surface area contributed by atoms with Gasteiger partial charge in [0.05, 0.1) is 0 Å². The van der Waals surface area contributed by atoms with Crippen molar-refractivity contribution in [1.29, 1.82) is 0 Å². The molecule has 0 radical (unpaired) electrons. The van der Waals surface area contributed by atoms with Gasteiger partial charge in [0.2, 0.25) is 11.7 Å². The van der Waals surface area contributed by atoms with Crippen molar-refractivity contribution in [3.05, 3.63) is 35.2 Å². The summed E-state index contributed by atoms with van der Waals surface area (Å²) in [4.78, 5) is 8.87. The van der Waals surface area contributed by atoms with Gasteiger partial charge in [-0.1, -0.05) is 42.7 Å². The Kier molecular flexibility index (Phi) is 6.61. The second-order valence-electron chi connectivity index (χ2n) is 5.89. The molecule has 1 atom stereocenters. The number of rotatable bonds is 6. The molecule has 1 heterocycles. The van der Waals surface area contributed by atoms with E-state index < -0.39 is 0 Å². The Morgan fingerprint density at radius 3 is 2.79 bits per heavy atom. The van der Waals surface area contributed by atoms with Gasteiger partial charge in [-0.05, 0) is 31.9 Å². The molecule has 0 fully saturated rings. The Morgan fingerprint density at radius 1 is 1.33 bits per heavy atom. The summed E-state index contributed by atoms with van der Waals surface area (Å²) < 4.78 is 5.27. The van der Waals surface area contributed by atoms with Crippen LogP contribution >= 0.6 is 11.6 Å². The van der Waals surface area contributed by atoms with Crippen LogP contribution < -0.4 is 10.6 Å². The van der Waals surface area contributed by atoms with E-state index in [2.05, 4.69) is 46.5 Å². The van der Waals surface area contributed by atoms with E-state index >= 15 is 0 Å². The molecule has 24 heavy (non-hydrogen) atoms. The summed E-state index contributed by atoms with van der Waals surface area (Å²) in [5.74, 6) is 2.21. The van der Waals surface area contributed by atoms with Crippen LogP contribution in [0.25, 0.3) is 11.4 Å². The average Bonchev–Trinajstić information content (AvgIpc) is 3.01. The third kappa shape index (κ3) is 5.23. The summed E-state index contributed by atoms with van der Waals surface area (Å²) in [7, 11) is 0. The average molecular weight is 350 g/mol. The second kappa shape index (κ2) is 8.68. The van der Waals surface area contributed by atoms with Gasteiger partial charge in [0.1, 0.15) is 6.54 Å². The number of nitrogens with zero attached hydrogens (tertiary/aromatic N) is 3. The topological polar surface area (TPSA) is 75.3 Å². The quantitative estimate of drug-likeness (QED) is 0.616. The van der Waals surface area contributed by atoms with Crippen molar-refractivity contribution in [2.45, 2.75) is 40.3 Å². The number of aromatic nitrogens is 2. The highest BCUT2D eigenvalue weighted by Gasteiger charge is 2.11. The first-order valence-corrected chi connectivity index (χ1v) is 8.50. The van der Waals surface area contributed by atoms with E-state index in [9.17, 15) is 0 Å². The molecule has 2 N–H and O–H groups in total. The number of aliphatic imine (C=N–C) groups is 1. The molecule has 1 unspecified atom stereocenters. The molecule has 0 bridgehead atoms. The summed E-state index contributed by atoms with van der Waals surface area (Å²) in [6.45, 7) is 9.58. The van der Waals surface area contributed by atoms with E-state index in [1.807, 2.05) is 19.1 Å². The number of benzene rings is 1. The second-order valence-corrected chi connectivity index (χ2v) is 6.33. The minimum absolute atomic E-state index is 0.313. The molecule has 0 spiro atoms. The van der Waals surface area contributed by atoms with Crippen molar-refractivity contribution < 1.29 is 4.52 Å². The van der Waals surface area contributed by atoms with Gasteiger partial charge in [0.15, 0.2) is 5.96 Å². The number of halogens is 1. The fourth-order valence-corrected chi connectivity index (χ4v) is 2.10. The highest BCUT2D eigenvalue weighted by molar-refractivity contribution is 6.30. The molecule has 1 aromatic heterocycles. The van der Waals surface area contributed by atoms with Crippen LogP contribution in [0, 0.1) is 5.92 Å². The van der Waals surface area contributed by atoms with Gasteiger partial charge in [-0.25, -0.2) is 4.99 Å². The third-order valence-electron chi connectivity index (χ3n) is 3.63. The number of hydrogen-bond acceptors (Lipinski definition) is 4. The summed E-state index contributed by atoms with van der Waals surface area (Å²) in [6.07, 6.45) is 0. The zero-order chi connectivity index (χ0) is 17.5. The molecule has 2 aromatic rings. The van der Waals surface area contributed by atoms with Gasteiger partial charge in [0, 0.05) is 23.2 Å². The zero-order valence-corrected chi connectivity index (χ0v) is 15.3. The fourth-order valence-electron chi connectivity index (χ4n) is 1.91. The van der Waals surface area contributed by atoms with E-state index in [0.29, 0.717) is 35.2 Å². The molecule has 7 heteroatoms. The highest BCUT2D eigenvalue weighted by Crippen LogP contribution is 2.20. The van der Waals surface area contributed by atoms with Crippen molar-refractivity contribution in [3.8, 4) is 11.4 Å². The van der Waals surface area contributed by atoms with Crippen molar-refractivity contribution in [2.75, 3.05) is 6.54 Å². The molecule has 0 saturated heterocycles. The lowest BCUT2D eigenvalue weighted by Crippen LogP contribution is -2.44. The highest BCUT2D eigenvalue weighted by atomic mass is 35.5. The minimum Gasteiger partial charge on any atom is -0.357 e. The summed E-state index contributed by atoms with van der Waals surface area (Å²) in [5, 5.41) is 11.2. The van der Waals surface area contributed by atoms with E-state index in [1.54, 1.807) is 12.1 Å². The molecule has 1 aromatic carbocycles. The number of guanidine groups is 1. The molecular weight excluding hydrogens is 326 g/mol. The summed E-state index contributed by atoms with van der Waals surface area (Å²) in [5.41, 5.74) is 0.819. The summed E-state index contributed by atoms with van der Waals surface area (Å²) >= 11 is 5.99. The predicted octanol–water partition coefficient (Wildman–Crippen LogP) is 3.49.